The van der Waals surface area contributed by atoms with Crippen molar-refractivity contribution in [3.8, 4) is 0 Å². The molecule has 0 unspecified atom stereocenters. The van der Waals surface area contributed by atoms with Gasteiger partial charge in [0, 0.05) is 13.2 Å². The van der Waals surface area contributed by atoms with Crippen LogP contribution in [-0.2, 0) is 9.53 Å². The van der Waals surface area contributed by atoms with Gasteiger partial charge in [0.05, 0.1) is 0 Å². The summed E-state index contributed by atoms with van der Waals surface area (Å²) in [5, 5.41) is 0. The molecule has 2 nitrogen and oxygen atoms in total. The third-order valence-corrected chi connectivity index (χ3v) is 0.827. The lowest BCUT2D eigenvalue weighted by Crippen LogP contribution is -1.74. The van der Waals surface area contributed by atoms with Gasteiger partial charge in [-0.15, -0.1) is 0 Å². The molecule has 1 rings (SSSR count). The van der Waals surface area contributed by atoms with E-state index in [1.54, 1.807) is 0 Å². The van der Waals surface area contributed by atoms with Crippen LogP contribution in [0.3, 0.4) is 0 Å². The zero-order valence-corrected chi connectivity index (χ0v) is 5.22. The maximum Gasteiger partial charge on any atom is 0.116 e. The Kier molecular flexibility index (Phi) is 6.32. The predicted molar refractivity (Wildman–Crippen MR) is 31.8 cm³/mol. The van der Waals surface area contributed by atoms with Crippen LogP contribution >= 0.6 is 0 Å². The molecular formula is C6H12O2. The molecule has 1 saturated heterocycles. The van der Waals surface area contributed by atoms with E-state index in [1.165, 1.54) is 19.8 Å². The summed E-state index contributed by atoms with van der Waals surface area (Å²) in [7, 11) is 0. The minimum Gasteiger partial charge on any atom is -0.381 e. The molecule has 0 bridgehead atoms. The van der Waals surface area contributed by atoms with Crippen LogP contribution in [0.25, 0.3) is 0 Å². The molecule has 0 amide bonds. The number of rotatable bonds is 0. The Labute approximate surface area is 49.8 Å². The van der Waals surface area contributed by atoms with Crippen LogP contribution in [0.1, 0.15) is 19.8 Å². The molecule has 0 aromatic carbocycles. The van der Waals surface area contributed by atoms with Gasteiger partial charge in [-0.2, -0.15) is 0 Å². The number of carbonyl (C=O) groups is 1. The molecule has 0 atom stereocenters. The molecule has 0 N–H and O–H groups in total. The minimum absolute atomic E-state index is 0.750. The SMILES string of the molecule is C1CCOC1.CC=O. The summed E-state index contributed by atoms with van der Waals surface area (Å²) in [5.74, 6) is 0. The molecule has 0 saturated carbocycles. The van der Waals surface area contributed by atoms with Gasteiger partial charge in [-0.25, -0.2) is 0 Å². The van der Waals surface area contributed by atoms with E-state index in [1.807, 2.05) is 0 Å². The smallest absolute Gasteiger partial charge is 0.116 e. The molecule has 8 heavy (non-hydrogen) atoms. The first kappa shape index (κ1) is 7.63. The summed E-state index contributed by atoms with van der Waals surface area (Å²) in [4.78, 5) is 8.81. The molecule has 1 heterocycles. The fourth-order valence-corrected chi connectivity index (χ4v) is 0.510. The van der Waals surface area contributed by atoms with Crippen molar-refractivity contribution in [1.29, 1.82) is 0 Å². The first-order valence-electron chi connectivity index (χ1n) is 2.89. The van der Waals surface area contributed by atoms with Crippen molar-refractivity contribution in [2.75, 3.05) is 13.2 Å². The fraction of sp³-hybridized carbons (Fsp3) is 0.833. The lowest BCUT2D eigenvalue weighted by atomic mass is 10.4. The highest BCUT2D eigenvalue weighted by atomic mass is 16.5. The highest BCUT2D eigenvalue weighted by Crippen LogP contribution is 1.98. The van der Waals surface area contributed by atoms with Gasteiger partial charge in [-0.3, -0.25) is 0 Å². The summed E-state index contributed by atoms with van der Waals surface area (Å²) in [5.41, 5.74) is 0. The third-order valence-electron chi connectivity index (χ3n) is 0.827. The Morgan fingerprint density at radius 2 is 1.75 bits per heavy atom. The molecular weight excluding hydrogens is 104 g/mol. The standard InChI is InChI=1S/C4H8O.C2H4O/c1-2-4-5-3-1;1-2-3/h1-4H2;2H,1H3. The maximum atomic E-state index is 8.81. The number of hydrogen-bond acceptors (Lipinski definition) is 2. The van der Waals surface area contributed by atoms with Crippen LogP contribution in [0.2, 0.25) is 0 Å². The third kappa shape index (κ3) is 5.63. The van der Waals surface area contributed by atoms with Crippen molar-refractivity contribution in [3.63, 3.8) is 0 Å². The number of hydrogen-bond donors (Lipinski definition) is 0. The van der Waals surface area contributed by atoms with Gasteiger partial charge in [0.1, 0.15) is 6.29 Å². The zero-order chi connectivity index (χ0) is 6.24. The van der Waals surface area contributed by atoms with Crippen LogP contribution in [0.5, 0.6) is 0 Å². The van der Waals surface area contributed by atoms with Crippen LogP contribution in [-0.4, -0.2) is 19.5 Å². The van der Waals surface area contributed by atoms with Gasteiger partial charge in [0.2, 0.25) is 0 Å². The second-order valence-electron chi connectivity index (χ2n) is 1.56. The van der Waals surface area contributed by atoms with Crippen molar-refractivity contribution < 1.29 is 9.53 Å². The Hall–Kier alpha value is -0.370. The summed E-state index contributed by atoms with van der Waals surface area (Å²) in [6, 6.07) is 0. The number of ether oxygens (including phenoxy) is 1. The van der Waals surface area contributed by atoms with Gasteiger partial charge in [-0.05, 0) is 19.8 Å². The topological polar surface area (TPSA) is 26.3 Å². The molecule has 0 radical (unpaired) electrons. The first-order valence-corrected chi connectivity index (χ1v) is 2.89. The fourth-order valence-electron chi connectivity index (χ4n) is 0.510. The summed E-state index contributed by atoms with van der Waals surface area (Å²) < 4.78 is 4.94. The van der Waals surface area contributed by atoms with Crippen molar-refractivity contribution in [3.05, 3.63) is 0 Å². The van der Waals surface area contributed by atoms with E-state index in [0.717, 1.165) is 19.5 Å². The number of aldehydes is 1. The average molecular weight is 116 g/mol. The summed E-state index contributed by atoms with van der Waals surface area (Å²) in [6.45, 7) is 3.44. The molecule has 0 aliphatic carbocycles. The van der Waals surface area contributed by atoms with E-state index in [4.69, 9.17) is 9.53 Å². The van der Waals surface area contributed by atoms with Crippen molar-refractivity contribution in [2.45, 2.75) is 19.8 Å². The Bertz CT molecular complexity index is 40.9. The van der Waals surface area contributed by atoms with Crippen LogP contribution in [0.4, 0.5) is 0 Å². The predicted octanol–water partition coefficient (Wildman–Crippen LogP) is 1.00. The zero-order valence-electron chi connectivity index (χ0n) is 5.22. The van der Waals surface area contributed by atoms with E-state index in [2.05, 4.69) is 0 Å². The van der Waals surface area contributed by atoms with Crippen molar-refractivity contribution in [2.24, 2.45) is 0 Å². The maximum absolute atomic E-state index is 8.81. The van der Waals surface area contributed by atoms with Gasteiger partial charge in [0.15, 0.2) is 0 Å². The molecule has 0 aromatic heterocycles. The van der Waals surface area contributed by atoms with E-state index >= 15 is 0 Å². The average Bonchev–Trinajstić information content (AvgIpc) is 2.17. The highest BCUT2D eigenvalue weighted by molar-refractivity contribution is 5.44. The van der Waals surface area contributed by atoms with E-state index in [9.17, 15) is 0 Å². The molecule has 0 aromatic rings. The van der Waals surface area contributed by atoms with Crippen LogP contribution in [0.15, 0.2) is 0 Å². The molecule has 1 fully saturated rings. The summed E-state index contributed by atoms with van der Waals surface area (Å²) in [6.07, 6.45) is 3.31. The molecule has 2 heteroatoms. The molecule has 1 aliphatic heterocycles. The van der Waals surface area contributed by atoms with E-state index in [-0.39, 0.29) is 0 Å². The van der Waals surface area contributed by atoms with Crippen LogP contribution < -0.4 is 0 Å². The Balaban J connectivity index is 0.000000145. The Morgan fingerprint density at radius 1 is 1.38 bits per heavy atom. The molecule has 0 spiro atoms. The van der Waals surface area contributed by atoms with Crippen molar-refractivity contribution >= 4 is 6.29 Å². The monoisotopic (exact) mass is 116 g/mol. The molecule has 48 valence electrons. The van der Waals surface area contributed by atoms with E-state index < -0.39 is 0 Å². The minimum atomic E-state index is 0.750. The first-order chi connectivity index (χ1) is 3.91. The quantitative estimate of drug-likeness (QED) is 0.441. The second-order valence-corrected chi connectivity index (χ2v) is 1.56. The van der Waals surface area contributed by atoms with Gasteiger partial charge < -0.3 is 9.53 Å². The van der Waals surface area contributed by atoms with Gasteiger partial charge in [0.25, 0.3) is 0 Å². The molecule has 1 aliphatic rings. The lowest BCUT2D eigenvalue weighted by Gasteiger charge is -1.76. The Morgan fingerprint density at radius 3 is 1.88 bits per heavy atom. The number of carbonyl (C=O) groups excluding carboxylic acids is 1. The largest absolute Gasteiger partial charge is 0.381 e. The highest BCUT2D eigenvalue weighted by Gasteiger charge is 1.94. The van der Waals surface area contributed by atoms with Crippen molar-refractivity contribution in [1.82, 2.24) is 0 Å². The normalized spacial score (nSPS) is 16.6. The van der Waals surface area contributed by atoms with Gasteiger partial charge in [-0.1, -0.05) is 0 Å². The lowest BCUT2D eigenvalue weighted by molar-refractivity contribution is -0.106. The summed E-state index contributed by atoms with van der Waals surface area (Å²) >= 11 is 0. The second kappa shape index (κ2) is 6.63. The van der Waals surface area contributed by atoms with Gasteiger partial charge >= 0.3 is 0 Å². The van der Waals surface area contributed by atoms with E-state index in [0.29, 0.717) is 0 Å². The van der Waals surface area contributed by atoms with Crippen LogP contribution in [0, 0.1) is 0 Å².